The van der Waals surface area contributed by atoms with Crippen molar-refractivity contribution in [2.45, 2.75) is 26.9 Å². The number of ether oxygens (including phenoxy) is 2. The van der Waals surface area contributed by atoms with E-state index in [-0.39, 0.29) is 18.2 Å². The standard InChI is InChI=1S/C16H16ClFO.C2H4O2/c1-3-12-5-4-6-14(17)13(12)10-19-16-9-11(2)7-8-15(16)18;1-4-2-3/h4-9H,3,10H2,1-2H3;2H,1H3. The number of rotatable bonds is 5. The molecule has 0 aliphatic heterocycles. The smallest absolute Gasteiger partial charge is 0.292 e. The molecular formula is C18H20ClFO3. The lowest BCUT2D eigenvalue weighted by atomic mass is 10.1. The minimum atomic E-state index is -0.351. The zero-order valence-electron chi connectivity index (χ0n) is 13.4. The zero-order valence-corrected chi connectivity index (χ0v) is 14.2. The highest BCUT2D eigenvalue weighted by Gasteiger charge is 2.09. The van der Waals surface area contributed by atoms with Crippen LogP contribution in [0.1, 0.15) is 23.6 Å². The molecule has 0 aromatic heterocycles. The third-order valence-corrected chi connectivity index (χ3v) is 3.51. The fourth-order valence-corrected chi connectivity index (χ4v) is 2.22. The molecule has 0 heterocycles. The Morgan fingerprint density at radius 2 is 1.96 bits per heavy atom. The maximum absolute atomic E-state index is 13.6. The number of aryl methyl sites for hydroxylation is 2. The van der Waals surface area contributed by atoms with Crippen molar-refractivity contribution in [1.82, 2.24) is 0 Å². The Bertz CT molecular complexity index is 644. The first-order valence-electron chi connectivity index (χ1n) is 7.15. The van der Waals surface area contributed by atoms with Gasteiger partial charge in [-0.3, -0.25) is 4.79 Å². The summed E-state index contributed by atoms with van der Waals surface area (Å²) in [6, 6.07) is 10.6. The van der Waals surface area contributed by atoms with E-state index in [0.717, 1.165) is 23.1 Å². The molecule has 2 rings (SSSR count). The van der Waals surface area contributed by atoms with E-state index in [0.29, 0.717) is 11.5 Å². The molecule has 2 aromatic rings. The molecular weight excluding hydrogens is 319 g/mol. The summed E-state index contributed by atoms with van der Waals surface area (Å²) in [5, 5.41) is 0.660. The van der Waals surface area contributed by atoms with Gasteiger partial charge in [0.05, 0.1) is 7.11 Å². The molecule has 0 saturated carbocycles. The highest BCUT2D eigenvalue weighted by molar-refractivity contribution is 6.31. The van der Waals surface area contributed by atoms with E-state index >= 15 is 0 Å². The Morgan fingerprint density at radius 1 is 1.26 bits per heavy atom. The number of methoxy groups -OCH3 is 1. The van der Waals surface area contributed by atoms with Crippen LogP contribution in [-0.2, 0) is 22.6 Å². The molecule has 124 valence electrons. The van der Waals surface area contributed by atoms with Crippen LogP contribution in [0.15, 0.2) is 36.4 Å². The Hall–Kier alpha value is -2.07. The minimum absolute atomic E-state index is 0.266. The van der Waals surface area contributed by atoms with Crippen molar-refractivity contribution in [2.75, 3.05) is 7.11 Å². The topological polar surface area (TPSA) is 35.5 Å². The van der Waals surface area contributed by atoms with E-state index in [4.69, 9.17) is 21.1 Å². The van der Waals surface area contributed by atoms with Crippen LogP contribution >= 0.6 is 11.6 Å². The highest BCUT2D eigenvalue weighted by atomic mass is 35.5. The molecule has 3 nitrogen and oxygen atoms in total. The number of hydrogen-bond acceptors (Lipinski definition) is 3. The molecule has 0 atom stereocenters. The summed E-state index contributed by atoms with van der Waals surface area (Å²) in [6.45, 7) is 4.62. The molecule has 0 saturated heterocycles. The van der Waals surface area contributed by atoms with Crippen LogP contribution in [-0.4, -0.2) is 13.6 Å². The van der Waals surface area contributed by atoms with Gasteiger partial charge >= 0.3 is 0 Å². The van der Waals surface area contributed by atoms with Gasteiger partial charge in [0.25, 0.3) is 6.47 Å². The summed E-state index contributed by atoms with van der Waals surface area (Å²) in [4.78, 5) is 8.95. The minimum Gasteiger partial charge on any atom is -0.486 e. The molecule has 0 fully saturated rings. The molecule has 0 radical (unpaired) electrons. The van der Waals surface area contributed by atoms with Crippen LogP contribution in [0.2, 0.25) is 5.02 Å². The maximum atomic E-state index is 13.6. The summed E-state index contributed by atoms with van der Waals surface area (Å²) < 4.78 is 23.0. The molecule has 0 unspecified atom stereocenters. The third-order valence-electron chi connectivity index (χ3n) is 3.15. The van der Waals surface area contributed by atoms with E-state index in [2.05, 4.69) is 11.7 Å². The van der Waals surface area contributed by atoms with Crippen LogP contribution in [0.3, 0.4) is 0 Å². The van der Waals surface area contributed by atoms with Gasteiger partial charge in [0.1, 0.15) is 6.61 Å². The molecule has 0 aliphatic carbocycles. The van der Waals surface area contributed by atoms with Gasteiger partial charge in [-0.15, -0.1) is 0 Å². The number of carbonyl (C=O) groups excluding carboxylic acids is 1. The monoisotopic (exact) mass is 338 g/mol. The molecule has 2 aromatic carbocycles. The molecule has 0 amide bonds. The Morgan fingerprint density at radius 3 is 2.57 bits per heavy atom. The predicted octanol–water partition coefficient (Wildman–Crippen LogP) is 4.72. The van der Waals surface area contributed by atoms with Gasteiger partial charge in [-0.1, -0.05) is 36.7 Å². The van der Waals surface area contributed by atoms with Gasteiger partial charge in [0.2, 0.25) is 0 Å². The second-order valence-corrected chi connectivity index (χ2v) is 5.19. The van der Waals surface area contributed by atoms with Crippen LogP contribution in [0.25, 0.3) is 0 Å². The van der Waals surface area contributed by atoms with E-state index < -0.39 is 0 Å². The first-order chi connectivity index (χ1) is 11.0. The van der Waals surface area contributed by atoms with E-state index in [1.54, 1.807) is 12.1 Å². The summed E-state index contributed by atoms with van der Waals surface area (Å²) in [5.74, 6) is -0.0855. The summed E-state index contributed by atoms with van der Waals surface area (Å²) >= 11 is 6.17. The van der Waals surface area contributed by atoms with Gasteiger partial charge in [0, 0.05) is 10.6 Å². The molecule has 0 N–H and O–H groups in total. The lowest BCUT2D eigenvalue weighted by molar-refractivity contribution is -0.126. The van der Waals surface area contributed by atoms with Crippen molar-refractivity contribution in [2.24, 2.45) is 0 Å². The van der Waals surface area contributed by atoms with Crippen molar-refractivity contribution >= 4 is 18.1 Å². The largest absolute Gasteiger partial charge is 0.486 e. The summed E-state index contributed by atoms with van der Waals surface area (Å²) in [7, 11) is 1.31. The molecule has 0 bridgehead atoms. The Balaban J connectivity index is 0.000000593. The van der Waals surface area contributed by atoms with Gasteiger partial charge in [0.15, 0.2) is 11.6 Å². The van der Waals surface area contributed by atoms with Crippen molar-refractivity contribution in [1.29, 1.82) is 0 Å². The van der Waals surface area contributed by atoms with Crippen LogP contribution in [0.5, 0.6) is 5.75 Å². The van der Waals surface area contributed by atoms with E-state index in [9.17, 15) is 4.39 Å². The van der Waals surface area contributed by atoms with Crippen LogP contribution in [0.4, 0.5) is 4.39 Å². The maximum Gasteiger partial charge on any atom is 0.292 e. The van der Waals surface area contributed by atoms with E-state index in [1.165, 1.54) is 13.2 Å². The fraction of sp³-hybridized carbons (Fsp3) is 0.278. The first-order valence-corrected chi connectivity index (χ1v) is 7.52. The quantitative estimate of drug-likeness (QED) is 0.740. The van der Waals surface area contributed by atoms with Gasteiger partial charge in [-0.25, -0.2) is 4.39 Å². The second-order valence-electron chi connectivity index (χ2n) is 4.79. The van der Waals surface area contributed by atoms with Gasteiger partial charge in [-0.05, 0) is 42.7 Å². The van der Waals surface area contributed by atoms with Crippen molar-refractivity contribution in [3.05, 3.63) is 63.9 Å². The molecule has 0 spiro atoms. The Labute approximate surface area is 141 Å². The average Bonchev–Trinajstić information content (AvgIpc) is 2.56. The molecule has 5 heteroatoms. The van der Waals surface area contributed by atoms with Crippen molar-refractivity contribution in [3.63, 3.8) is 0 Å². The first kappa shape index (κ1) is 19.0. The van der Waals surface area contributed by atoms with Gasteiger partial charge < -0.3 is 9.47 Å². The highest BCUT2D eigenvalue weighted by Crippen LogP contribution is 2.24. The number of halogens is 2. The molecule has 0 aliphatic rings. The number of benzene rings is 2. The number of hydrogen-bond donors (Lipinski definition) is 0. The fourth-order valence-electron chi connectivity index (χ4n) is 1.97. The van der Waals surface area contributed by atoms with Gasteiger partial charge in [-0.2, -0.15) is 0 Å². The normalized spacial score (nSPS) is 9.61. The average molecular weight is 339 g/mol. The van der Waals surface area contributed by atoms with E-state index in [1.807, 2.05) is 25.1 Å². The van der Waals surface area contributed by atoms with Crippen molar-refractivity contribution in [3.8, 4) is 5.75 Å². The molecule has 23 heavy (non-hydrogen) atoms. The predicted molar refractivity (Wildman–Crippen MR) is 89.4 cm³/mol. The lowest BCUT2D eigenvalue weighted by Gasteiger charge is -2.12. The lowest BCUT2D eigenvalue weighted by Crippen LogP contribution is -2.02. The second kappa shape index (κ2) is 9.85. The third kappa shape index (κ3) is 5.91. The SMILES string of the molecule is CCc1cccc(Cl)c1COc1cc(C)ccc1F.COC=O. The van der Waals surface area contributed by atoms with Crippen molar-refractivity contribution < 1.29 is 18.7 Å². The number of carbonyl (C=O) groups is 1. The zero-order chi connectivity index (χ0) is 17.2. The summed E-state index contributed by atoms with van der Waals surface area (Å²) in [6.07, 6.45) is 0.871. The van der Waals surface area contributed by atoms with Crippen LogP contribution in [0, 0.1) is 12.7 Å². The van der Waals surface area contributed by atoms with Crippen LogP contribution < -0.4 is 4.74 Å². The Kier molecular flexibility index (Phi) is 8.13. The summed E-state index contributed by atoms with van der Waals surface area (Å²) in [5.41, 5.74) is 3.01.